The molecule has 0 radical (unpaired) electrons. The Balaban J connectivity index is 1.67. The minimum Gasteiger partial charge on any atom is -0.496 e. The molecule has 1 aromatic carbocycles. The quantitative estimate of drug-likeness (QED) is 0.590. The van der Waals surface area contributed by atoms with E-state index in [-0.39, 0.29) is 18.4 Å². The SMILES string of the molecule is COc1ccccc1COc1ncc(F)c(/N=C/N2CCOCC2)n1. The zero-order valence-electron chi connectivity index (χ0n) is 13.9. The molecule has 132 valence electrons. The maximum atomic E-state index is 13.8. The van der Waals surface area contributed by atoms with Crippen LogP contribution in [-0.2, 0) is 11.3 Å². The summed E-state index contributed by atoms with van der Waals surface area (Å²) < 4.78 is 29.9. The van der Waals surface area contributed by atoms with Crippen molar-refractivity contribution in [2.24, 2.45) is 4.99 Å². The van der Waals surface area contributed by atoms with Crippen molar-refractivity contribution in [3.8, 4) is 11.8 Å². The molecule has 0 atom stereocenters. The van der Waals surface area contributed by atoms with Gasteiger partial charge in [0, 0.05) is 18.7 Å². The molecule has 2 aromatic rings. The fourth-order valence-electron chi connectivity index (χ4n) is 2.30. The van der Waals surface area contributed by atoms with Gasteiger partial charge in [0.1, 0.15) is 12.4 Å². The normalized spacial score (nSPS) is 14.7. The topological polar surface area (TPSA) is 69.1 Å². The number of ether oxygens (including phenoxy) is 3. The Morgan fingerprint density at radius 2 is 2.12 bits per heavy atom. The molecule has 0 aliphatic carbocycles. The Kier molecular flexibility index (Phi) is 5.73. The molecule has 7 nitrogen and oxygen atoms in total. The molecule has 1 saturated heterocycles. The molecule has 1 fully saturated rings. The van der Waals surface area contributed by atoms with Gasteiger partial charge in [-0.2, -0.15) is 4.98 Å². The first-order valence-corrected chi connectivity index (χ1v) is 7.89. The van der Waals surface area contributed by atoms with E-state index in [4.69, 9.17) is 14.2 Å². The number of halogens is 1. The van der Waals surface area contributed by atoms with Crippen LogP contribution in [0.25, 0.3) is 0 Å². The summed E-state index contributed by atoms with van der Waals surface area (Å²) >= 11 is 0. The van der Waals surface area contributed by atoms with Gasteiger partial charge < -0.3 is 19.1 Å². The van der Waals surface area contributed by atoms with Crippen molar-refractivity contribution in [1.29, 1.82) is 0 Å². The molecule has 0 spiro atoms. The molecule has 8 heteroatoms. The summed E-state index contributed by atoms with van der Waals surface area (Å²) in [7, 11) is 1.59. The third-order valence-electron chi connectivity index (χ3n) is 3.64. The summed E-state index contributed by atoms with van der Waals surface area (Å²) in [5.41, 5.74) is 0.844. The third-order valence-corrected chi connectivity index (χ3v) is 3.64. The summed E-state index contributed by atoms with van der Waals surface area (Å²) in [5, 5.41) is 0. The summed E-state index contributed by atoms with van der Waals surface area (Å²) in [6.45, 7) is 2.90. The molecular weight excluding hydrogens is 327 g/mol. The number of nitrogens with zero attached hydrogens (tertiary/aromatic N) is 4. The van der Waals surface area contributed by atoms with E-state index in [1.165, 1.54) is 0 Å². The summed E-state index contributed by atoms with van der Waals surface area (Å²) in [6.07, 6.45) is 2.62. The number of aromatic nitrogens is 2. The highest BCUT2D eigenvalue weighted by atomic mass is 19.1. The first-order valence-electron chi connectivity index (χ1n) is 7.89. The van der Waals surface area contributed by atoms with Crippen molar-refractivity contribution in [2.45, 2.75) is 6.61 Å². The molecule has 2 heterocycles. The van der Waals surface area contributed by atoms with Gasteiger partial charge in [-0.25, -0.2) is 14.4 Å². The molecule has 0 N–H and O–H groups in total. The number of rotatable bonds is 6. The molecule has 3 rings (SSSR count). The second-order valence-electron chi connectivity index (χ2n) is 5.32. The van der Waals surface area contributed by atoms with Crippen LogP contribution in [0.4, 0.5) is 10.2 Å². The number of para-hydroxylation sites is 1. The standard InChI is InChI=1S/C17H19FN4O3/c1-23-15-5-3-2-4-13(15)11-25-17-19-10-14(18)16(21-17)20-12-22-6-8-24-9-7-22/h2-5,10,12H,6-9,11H2,1H3/b20-12+. The number of hydrogen-bond donors (Lipinski definition) is 0. The van der Waals surface area contributed by atoms with Crippen molar-refractivity contribution in [2.75, 3.05) is 33.4 Å². The number of benzene rings is 1. The van der Waals surface area contributed by atoms with Crippen molar-refractivity contribution in [1.82, 2.24) is 14.9 Å². The lowest BCUT2D eigenvalue weighted by Gasteiger charge is -2.23. The Morgan fingerprint density at radius 1 is 1.32 bits per heavy atom. The predicted octanol–water partition coefficient (Wildman–Crippen LogP) is 2.20. The van der Waals surface area contributed by atoms with Gasteiger partial charge >= 0.3 is 6.01 Å². The van der Waals surface area contributed by atoms with Gasteiger partial charge in [-0.3, -0.25) is 0 Å². The zero-order valence-corrected chi connectivity index (χ0v) is 13.9. The molecule has 1 aliphatic heterocycles. The molecule has 0 amide bonds. The lowest BCUT2D eigenvalue weighted by Crippen LogP contribution is -2.35. The lowest BCUT2D eigenvalue weighted by atomic mass is 10.2. The van der Waals surface area contributed by atoms with E-state index in [0.29, 0.717) is 32.1 Å². The Morgan fingerprint density at radius 3 is 2.92 bits per heavy atom. The molecule has 1 aliphatic rings. The number of morpholine rings is 1. The maximum Gasteiger partial charge on any atom is 0.318 e. The third kappa shape index (κ3) is 4.63. The maximum absolute atomic E-state index is 13.8. The van der Waals surface area contributed by atoms with E-state index in [0.717, 1.165) is 11.8 Å². The summed E-state index contributed by atoms with van der Waals surface area (Å²) in [4.78, 5) is 13.9. The monoisotopic (exact) mass is 346 g/mol. The van der Waals surface area contributed by atoms with Crippen molar-refractivity contribution in [3.05, 3.63) is 41.8 Å². The van der Waals surface area contributed by atoms with Crippen LogP contribution in [0.3, 0.4) is 0 Å². The van der Waals surface area contributed by atoms with Crippen LogP contribution in [-0.4, -0.2) is 54.6 Å². The van der Waals surface area contributed by atoms with Crippen LogP contribution < -0.4 is 9.47 Å². The average molecular weight is 346 g/mol. The van der Waals surface area contributed by atoms with Gasteiger partial charge in [-0.1, -0.05) is 18.2 Å². The molecule has 0 saturated carbocycles. The molecule has 0 unspecified atom stereocenters. The number of hydrogen-bond acceptors (Lipinski definition) is 6. The van der Waals surface area contributed by atoms with E-state index < -0.39 is 5.82 Å². The van der Waals surface area contributed by atoms with Gasteiger partial charge in [-0.15, -0.1) is 0 Å². The van der Waals surface area contributed by atoms with Crippen LogP contribution in [0.15, 0.2) is 35.5 Å². The second-order valence-corrected chi connectivity index (χ2v) is 5.32. The molecular formula is C17H19FN4O3. The predicted molar refractivity (Wildman–Crippen MR) is 89.9 cm³/mol. The Hall–Kier alpha value is -2.74. The highest BCUT2D eigenvalue weighted by molar-refractivity contribution is 5.60. The van der Waals surface area contributed by atoms with Gasteiger partial charge in [-0.05, 0) is 6.07 Å². The van der Waals surface area contributed by atoms with E-state index in [9.17, 15) is 4.39 Å². The first kappa shape index (κ1) is 17.1. The van der Waals surface area contributed by atoms with Crippen molar-refractivity contribution >= 4 is 12.2 Å². The Bertz CT molecular complexity index is 736. The minimum absolute atomic E-state index is 0.0569. The zero-order chi connectivity index (χ0) is 17.5. The fraction of sp³-hybridized carbons (Fsp3) is 0.353. The average Bonchev–Trinajstić information content (AvgIpc) is 2.67. The first-order chi connectivity index (χ1) is 12.3. The summed E-state index contributed by atoms with van der Waals surface area (Å²) in [6, 6.07) is 7.52. The summed E-state index contributed by atoms with van der Waals surface area (Å²) in [5.74, 6) is 0.0424. The lowest BCUT2D eigenvalue weighted by molar-refractivity contribution is 0.0701. The minimum atomic E-state index is -0.603. The van der Waals surface area contributed by atoms with Crippen molar-refractivity contribution in [3.63, 3.8) is 0 Å². The molecule has 1 aromatic heterocycles. The van der Waals surface area contributed by atoms with Gasteiger partial charge in [0.15, 0.2) is 11.6 Å². The second kappa shape index (κ2) is 8.39. The smallest absolute Gasteiger partial charge is 0.318 e. The van der Waals surface area contributed by atoms with Gasteiger partial charge in [0.05, 0.1) is 32.9 Å². The highest BCUT2D eigenvalue weighted by Gasteiger charge is 2.10. The van der Waals surface area contributed by atoms with Crippen LogP contribution >= 0.6 is 0 Å². The highest BCUT2D eigenvalue weighted by Crippen LogP contribution is 2.20. The van der Waals surface area contributed by atoms with Crippen LogP contribution in [0, 0.1) is 5.82 Å². The van der Waals surface area contributed by atoms with E-state index in [1.54, 1.807) is 13.4 Å². The largest absolute Gasteiger partial charge is 0.496 e. The fourth-order valence-corrected chi connectivity index (χ4v) is 2.30. The van der Waals surface area contributed by atoms with Crippen LogP contribution in [0.5, 0.6) is 11.8 Å². The number of aliphatic imine (C=N–C) groups is 1. The van der Waals surface area contributed by atoms with Crippen LogP contribution in [0.1, 0.15) is 5.56 Å². The van der Waals surface area contributed by atoms with E-state index in [1.807, 2.05) is 29.2 Å². The molecule has 25 heavy (non-hydrogen) atoms. The Labute approximate surface area is 145 Å². The number of methoxy groups -OCH3 is 1. The van der Waals surface area contributed by atoms with Gasteiger partial charge in [0.25, 0.3) is 0 Å². The van der Waals surface area contributed by atoms with Crippen LogP contribution in [0.2, 0.25) is 0 Å². The van der Waals surface area contributed by atoms with E-state index in [2.05, 4.69) is 15.0 Å². The van der Waals surface area contributed by atoms with Gasteiger partial charge in [0.2, 0.25) is 0 Å². The van der Waals surface area contributed by atoms with E-state index >= 15 is 0 Å². The molecule has 0 bridgehead atoms. The van der Waals surface area contributed by atoms with Crippen molar-refractivity contribution < 1.29 is 18.6 Å².